The summed E-state index contributed by atoms with van der Waals surface area (Å²) in [5.74, 6) is 0.403. The van der Waals surface area contributed by atoms with E-state index in [0.29, 0.717) is 6.04 Å². The molecule has 0 atom stereocenters. The molecule has 2 N–H and O–H groups in total. The average Bonchev–Trinajstić information content (AvgIpc) is 2.00. The predicted octanol–water partition coefficient (Wildman–Crippen LogP) is -0.338. The van der Waals surface area contributed by atoms with Gasteiger partial charge in [-0.2, -0.15) is 0 Å². The number of carbonyl (C=O) groups excluding carboxylic acids is 1. The van der Waals surface area contributed by atoms with Crippen LogP contribution in [0.3, 0.4) is 0 Å². The SMILES string of the molecule is CC(C)N(C)CCNC(=O)C1CNC1. The summed E-state index contributed by atoms with van der Waals surface area (Å²) in [6.07, 6.45) is 0. The van der Waals surface area contributed by atoms with Crippen LogP contribution in [-0.2, 0) is 4.79 Å². The van der Waals surface area contributed by atoms with Crippen LogP contribution in [0.15, 0.2) is 0 Å². The van der Waals surface area contributed by atoms with Gasteiger partial charge in [0.2, 0.25) is 5.91 Å². The van der Waals surface area contributed by atoms with Gasteiger partial charge in [-0.25, -0.2) is 0 Å². The molecule has 0 aromatic carbocycles. The van der Waals surface area contributed by atoms with E-state index in [4.69, 9.17) is 0 Å². The fourth-order valence-electron chi connectivity index (χ4n) is 1.23. The van der Waals surface area contributed by atoms with E-state index in [9.17, 15) is 4.79 Å². The number of hydrogen-bond acceptors (Lipinski definition) is 3. The van der Waals surface area contributed by atoms with Gasteiger partial charge in [0.1, 0.15) is 0 Å². The summed E-state index contributed by atoms with van der Waals surface area (Å²) >= 11 is 0. The Morgan fingerprint density at radius 3 is 2.64 bits per heavy atom. The Morgan fingerprint density at radius 1 is 1.57 bits per heavy atom. The summed E-state index contributed by atoms with van der Waals surface area (Å²) in [6.45, 7) is 7.65. The molecule has 82 valence electrons. The zero-order chi connectivity index (χ0) is 10.6. The molecule has 1 amide bonds. The summed E-state index contributed by atoms with van der Waals surface area (Å²) in [7, 11) is 2.07. The molecule has 1 aliphatic heterocycles. The Hall–Kier alpha value is -0.610. The molecule has 0 bridgehead atoms. The van der Waals surface area contributed by atoms with Crippen molar-refractivity contribution in [3.63, 3.8) is 0 Å². The van der Waals surface area contributed by atoms with Gasteiger partial charge < -0.3 is 15.5 Å². The number of nitrogens with one attached hydrogen (secondary N) is 2. The summed E-state index contributed by atoms with van der Waals surface area (Å²) in [4.78, 5) is 13.6. The first-order valence-electron chi connectivity index (χ1n) is 5.30. The van der Waals surface area contributed by atoms with Gasteiger partial charge in [-0.1, -0.05) is 0 Å². The maximum absolute atomic E-state index is 11.4. The topological polar surface area (TPSA) is 44.4 Å². The Morgan fingerprint density at radius 2 is 2.21 bits per heavy atom. The molecule has 0 aromatic rings. The van der Waals surface area contributed by atoms with Gasteiger partial charge in [0.25, 0.3) is 0 Å². The highest BCUT2D eigenvalue weighted by Crippen LogP contribution is 2.01. The lowest BCUT2D eigenvalue weighted by atomic mass is 10.0. The van der Waals surface area contributed by atoms with Crippen LogP contribution in [0.4, 0.5) is 0 Å². The van der Waals surface area contributed by atoms with E-state index in [1.165, 1.54) is 0 Å². The van der Waals surface area contributed by atoms with E-state index in [1.807, 2.05) is 0 Å². The second-order valence-electron chi connectivity index (χ2n) is 4.22. The molecule has 1 heterocycles. The molecule has 0 radical (unpaired) electrons. The van der Waals surface area contributed by atoms with Crippen LogP contribution in [-0.4, -0.2) is 50.1 Å². The average molecular weight is 199 g/mol. The smallest absolute Gasteiger partial charge is 0.225 e. The molecule has 14 heavy (non-hydrogen) atoms. The molecule has 1 fully saturated rings. The molecule has 0 aliphatic carbocycles. The normalized spacial score (nSPS) is 17.2. The molecule has 1 saturated heterocycles. The molecule has 0 saturated carbocycles. The fraction of sp³-hybridized carbons (Fsp3) is 0.900. The number of carbonyl (C=O) groups is 1. The lowest BCUT2D eigenvalue weighted by Crippen LogP contribution is -2.51. The van der Waals surface area contributed by atoms with Crippen molar-refractivity contribution in [2.24, 2.45) is 5.92 Å². The monoisotopic (exact) mass is 199 g/mol. The molecule has 4 heteroatoms. The number of nitrogens with zero attached hydrogens (tertiary/aromatic N) is 1. The number of rotatable bonds is 5. The first-order chi connectivity index (χ1) is 6.61. The zero-order valence-corrected chi connectivity index (χ0v) is 9.34. The largest absolute Gasteiger partial charge is 0.354 e. The van der Waals surface area contributed by atoms with Crippen LogP contribution in [0, 0.1) is 5.92 Å². The van der Waals surface area contributed by atoms with Crippen LogP contribution in [0.25, 0.3) is 0 Å². The minimum atomic E-state index is 0.195. The molecule has 4 nitrogen and oxygen atoms in total. The van der Waals surface area contributed by atoms with Crippen LogP contribution in [0.2, 0.25) is 0 Å². The van der Waals surface area contributed by atoms with Crippen molar-refractivity contribution in [1.82, 2.24) is 15.5 Å². The van der Waals surface area contributed by atoms with Crippen LogP contribution in [0.1, 0.15) is 13.8 Å². The van der Waals surface area contributed by atoms with E-state index in [1.54, 1.807) is 0 Å². The van der Waals surface area contributed by atoms with Crippen molar-refractivity contribution >= 4 is 5.91 Å². The van der Waals surface area contributed by atoms with Gasteiger partial charge in [0.15, 0.2) is 0 Å². The van der Waals surface area contributed by atoms with Crippen molar-refractivity contribution in [2.45, 2.75) is 19.9 Å². The summed E-state index contributed by atoms with van der Waals surface area (Å²) < 4.78 is 0. The molecule has 1 rings (SSSR count). The molecule has 1 aliphatic rings. The van der Waals surface area contributed by atoms with Gasteiger partial charge in [-0.15, -0.1) is 0 Å². The predicted molar refractivity (Wildman–Crippen MR) is 57.1 cm³/mol. The fourth-order valence-corrected chi connectivity index (χ4v) is 1.23. The van der Waals surface area contributed by atoms with Gasteiger partial charge >= 0.3 is 0 Å². The number of amides is 1. The Kier molecular flexibility index (Phi) is 4.35. The van der Waals surface area contributed by atoms with Crippen LogP contribution >= 0.6 is 0 Å². The Bertz CT molecular complexity index is 190. The number of hydrogen-bond donors (Lipinski definition) is 2. The maximum atomic E-state index is 11.4. The summed E-state index contributed by atoms with van der Waals surface area (Å²) in [6, 6.07) is 0.539. The quantitative estimate of drug-likeness (QED) is 0.637. The standard InChI is InChI=1S/C10H21N3O/c1-8(2)13(3)5-4-12-10(14)9-6-11-7-9/h8-9,11H,4-7H2,1-3H3,(H,12,14). The maximum Gasteiger partial charge on any atom is 0.225 e. The van der Waals surface area contributed by atoms with E-state index in [0.717, 1.165) is 26.2 Å². The molecular weight excluding hydrogens is 178 g/mol. The third-order valence-corrected chi connectivity index (χ3v) is 2.80. The Labute approximate surface area is 86.0 Å². The second-order valence-corrected chi connectivity index (χ2v) is 4.22. The van der Waals surface area contributed by atoms with E-state index >= 15 is 0 Å². The van der Waals surface area contributed by atoms with Crippen molar-refractivity contribution < 1.29 is 4.79 Å². The summed E-state index contributed by atoms with van der Waals surface area (Å²) in [5.41, 5.74) is 0. The molecule has 0 unspecified atom stereocenters. The first-order valence-corrected chi connectivity index (χ1v) is 5.30. The second kappa shape index (κ2) is 5.32. The van der Waals surface area contributed by atoms with Crippen molar-refractivity contribution in [3.05, 3.63) is 0 Å². The van der Waals surface area contributed by atoms with E-state index in [-0.39, 0.29) is 11.8 Å². The van der Waals surface area contributed by atoms with Gasteiger partial charge in [0.05, 0.1) is 5.92 Å². The molecular formula is C10H21N3O. The van der Waals surface area contributed by atoms with E-state index in [2.05, 4.69) is 36.4 Å². The van der Waals surface area contributed by atoms with Gasteiger partial charge in [0, 0.05) is 32.2 Å². The minimum Gasteiger partial charge on any atom is -0.354 e. The van der Waals surface area contributed by atoms with Crippen molar-refractivity contribution in [2.75, 3.05) is 33.2 Å². The van der Waals surface area contributed by atoms with Gasteiger partial charge in [-0.3, -0.25) is 4.79 Å². The van der Waals surface area contributed by atoms with Crippen molar-refractivity contribution in [3.8, 4) is 0 Å². The van der Waals surface area contributed by atoms with Crippen LogP contribution in [0.5, 0.6) is 0 Å². The highest BCUT2D eigenvalue weighted by Gasteiger charge is 2.24. The van der Waals surface area contributed by atoms with Crippen molar-refractivity contribution in [1.29, 1.82) is 0 Å². The Balaban J connectivity index is 2.05. The molecule has 0 spiro atoms. The minimum absolute atomic E-state index is 0.195. The highest BCUT2D eigenvalue weighted by molar-refractivity contribution is 5.79. The molecule has 0 aromatic heterocycles. The highest BCUT2D eigenvalue weighted by atomic mass is 16.2. The zero-order valence-electron chi connectivity index (χ0n) is 9.34. The first kappa shape index (κ1) is 11.5. The van der Waals surface area contributed by atoms with Gasteiger partial charge in [-0.05, 0) is 20.9 Å². The lowest BCUT2D eigenvalue weighted by Gasteiger charge is -2.27. The number of likely N-dealkylation sites (N-methyl/N-ethyl adjacent to an activating group) is 1. The third-order valence-electron chi connectivity index (χ3n) is 2.80. The van der Waals surface area contributed by atoms with E-state index < -0.39 is 0 Å². The van der Waals surface area contributed by atoms with Crippen LogP contribution < -0.4 is 10.6 Å². The lowest BCUT2D eigenvalue weighted by molar-refractivity contribution is -0.126. The summed E-state index contributed by atoms with van der Waals surface area (Å²) in [5, 5.41) is 6.04. The third kappa shape index (κ3) is 3.27.